The monoisotopic (exact) mass is 313 g/mol. The van der Waals surface area contributed by atoms with Gasteiger partial charge in [0.05, 0.1) is 13.1 Å². The fourth-order valence-corrected chi connectivity index (χ4v) is 2.73. The number of nitrogens with zero attached hydrogens (tertiary/aromatic N) is 2. The highest BCUT2D eigenvalue weighted by Gasteiger charge is 2.52. The summed E-state index contributed by atoms with van der Waals surface area (Å²) in [5, 5.41) is 2.74. The van der Waals surface area contributed by atoms with Crippen molar-refractivity contribution in [3.63, 3.8) is 0 Å². The molecule has 1 unspecified atom stereocenters. The molecule has 1 N–H and O–H groups in total. The molecule has 120 valence electrons. The first kappa shape index (κ1) is 15.3. The zero-order valence-electron chi connectivity index (χ0n) is 13.0. The van der Waals surface area contributed by atoms with Gasteiger partial charge in [-0.2, -0.15) is 0 Å². The molecule has 2 fully saturated rings. The molecule has 0 spiro atoms. The molecule has 6 nitrogen and oxygen atoms in total. The molecule has 1 saturated carbocycles. The number of cyclic esters (lactones) is 1. The van der Waals surface area contributed by atoms with E-state index in [1.807, 2.05) is 24.3 Å². The van der Waals surface area contributed by atoms with E-state index in [0.717, 1.165) is 24.1 Å². The molecule has 6 heteroatoms. The molecular weight excluding hydrogens is 294 g/mol. The lowest BCUT2D eigenvalue weighted by Gasteiger charge is -2.14. The molecule has 1 aromatic rings. The highest BCUT2D eigenvalue weighted by molar-refractivity contribution is 5.89. The van der Waals surface area contributed by atoms with E-state index in [1.54, 1.807) is 11.8 Å². The van der Waals surface area contributed by atoms with Gasteiger partial charge in [0.15, 0.2) is 0 Å². The summed E-state index contributed by atoms with van der Waals surface area (Å²) in [6.45, 7) is 9.80. The Morgan fingerprint density at radius 3 is 2.70 bits per heavy atom. The minimum absolute atomic E-state index is 0.0577. The number of benzene rings is 1. The first-order valence-corrected chi connectivity index (χ1v) is 7.82. The molecule has 23 heavy (non-hydrogen) atoms. The fraction of sp³-hybridized carbons (Fsp3) is 0.471. The Kier molecular flexibility index (Phi) is 3.95. The topological polar surface area (TPSA) is 63.0 Å². The molecule has 1 atom stereocenters. The van der Waals surface area contributed by atoms with Gasteiger partial charge in [0, 0.05) is 30.5 Å². The normalized spacial score (nSPS) is 21.5. The predicted molar refractivity (Wildman–Crippen MR) is 84.9 cm³/mol. The standard InChI is InChI=1S/C17H19N3O3/c1-3-15(21)19-10-14-11-20(16(22)23-14)13-6-4-12(5-7-13)17(18-2)8-9-17/h4-7,14H,3,8-11H2,1H3,(H,19,21). The van der Waals surface area contributed by atoms with Crippen LogP contribution >= 0.6 is 0 Å². The van der Waals surface area contributed by atoms with Gasteiger partial charge in [-0.15, -0.1) is 0 Å². The molecule has 1 saturated heterocycles. The van der Waals surface area contributed by atoms with Gasteiger partial charge in [0.2, 0.25) is 5.91 Å². The van der Waals surface area contributed by atoms with Crippen molar-refractivity contribution < 1.29 is 14.3 Å². The second-order valence-electron chi connectivity index (χ2n) is 5.96. The van der Waals surface area contributed by atoms with E-state index in [4.69, 9.17) is 11.3 Å². The van der Waals surface area contributed by atoms with Crippen LogP contribution in [-0.4, -0.2) is 31.2 Å². The zero-order valence-corrected chi connectivity index (χ0v) is 13.0. The Morgan fingerprint density at radius 2 is 2.13 bits per heavy atom. The van der Waals surface area contributed by atoms with Crippen molar-refractivity contribution in [2.45, 2.75) is 37.8 Å². The van der Waals surface area contributed by atoms with Gasteiger partial charge >= 0.3 is 6.09 Å². The number of rotatable bonds is 5. The largest absolute Gasteiger partial charge is 0.442 e. The Balaban J connectivity index is 1.64. The third-order valence-corrected chi connectivity index (χ3v) is 4.38. The van der Waals surface area contributed by atoms with E-state index in [9.17, 15) is 9.59 Å². The maximum Gasteiger partial charge on any atom is 0.414 e. The van der Waals surface area contributed by atoms with Gasteiger partial charge in [0.25, 0.3) is 5.54 Å². The molecule has 0 aromatic heterocycles. The lowest BCUT2D eigenvalue weighted by molar-refractivity contribution is -0.121. The summed E-state index contributed by atoms with van der Waals surface area (Å²) in [7, 11) is 0. The van der Waals surface area contributed by atoms with Gasteiger partial charge in [-0.25, -0.2) is 11.4 Å². The van der Waals surface area contributed by atoms with E-state index in [1.165, 1.54) is 0 Å². The Morgan fingerprint density at radius 1 is 1.43 bits per heavy atom. The van der Waals surface area contributed by atoms with Crippen LogP contribution in [0.25, 0.3) is 4.85 Å². The molecule has 2 aliphatic rings. The number of carbonyl (C=O) groups excluding carboxylic acids is 2. The molecule has 2 amide bonds. The van der Waals surface area contributed by atoms with Crippen molar-refractivity contribution in [1.29, 1.82) is 0 Å². The molecule has 0 bridgehead atoms. The number of hydrogen-bond acceptors (Lipinski definition) is 3. The molecule has 1 aromatic carbocycles. The van der Waals surface area contributed by atoms with Crippen LogP contribution in [0.3, 0.4) is 0 Å². The highest BCUT2D eigenvalue weighted by Crippen LogP contribution is 2.49. The summed E-state index contributed by atoms with van der Waals surface area (Å²) in [4.78, 5) is 28.5. The smallest absolute Gasteiger partial charge is 0.414 e. The summed E-state index contributed by atoms with van der Waals surface area (Å²) in [6.07, 6.45) is 1.48. The average Bonchev–Trinajstić information content (AvgIpc) is 3.30. The highest BCUT2D eigenvalue weighted by atomic mass is 16.6. The van der Waals surface area contributed by atoms with Gasteiger partial charge in [-0.05, 0) is 24.3 Å². The number of anilines is 1. The van der Waals surface area contributed by atoms with Crippen LogP contribution in [0.5, 0.6) is 0 Å². The van der Waals surface area contributed by atoms with Gasteiger partial charge < -0.3 is 14.9 Å². The molecule has 1 heterocycles. The molecule has 0 radical (unpaired) electrons. The summed E-state index contributed by atoms with van der Waals surface area (Å²) < 4.78 is 5.28. The minimum Gasteiger partial charge on any atom is -0.442 e. The molecular formula is C17H19N3O3. The lowest BCUT2D eigenvalue weighted by atomic mass is 10.1. The number of hydrogen-bond donors (Lipinski definition) is 1. The van der Waals surface area contributed by atoms with E-state index in [0.29, 0.717) is 19.5 Å². The average molecular weight is 313 g/mol. The Bertz CT molecular complexity index is 659. The van der Waals surface area contributed by atoms with Crippen LogP contribution in [0.4, 0.5) is 10.5 Å². The molecule has 1 aliphatic carbocycles. The SMILES string of the molecule is [C-]#[N+]C1(c2ccc(N3CC(CNC(=O)CC)OC3=O)cc2)CC1. The van der Waals surface area contributed by atoms with Crippen LogP contribution < -0.4 is 10.2 Å². The lowest BCUT2D eigenvalue weighted by Crippen LogP contribution is -2.34. The summed E-state index contributed by atoms with van der Waals surface area (Å²) in [5.74, 6) is -0.0577. The van der Waals surface area contributed by atoms with Crippen LogP contribution in [0.2, 0.25) is 0 Å². The van der Waals surface area contributed by atoms with Crippen molar-refractivity contribution in [3.8, 4) is 0 Å². The van der Waals surface area contributed by atoms with Crippen molar-refractivity contribution in [1.82, 2.24) is 5.32 Å². The fourth-order valence-electron chi connectivity index (χ4n) is 2.73. The Hall–Kier alpha value is -2.55. The summed E-state index contributed by atoms with van der Waals surface area (Å²) >= 11 is 0. The molecule has 3 rings (SSSR count). The van der Waals surface area contributed by atoms with Crippen LogP contribution in [0, 0.1) is 6.57 Å². The summed E-state index contributed by atoms with van der Waals surface area (Å²) in [6, 6.07) is 7.55. The van der Waals surface area contributed by atoms with E-state index >= 15 is 0 Å². The van der Waals surface area contributed by atoms with E-state index in [-0.39, 0.29) is 17.6 Å². The van der Waals surface area contributed by atoms with E-state index < -0.39 is 6.09 Å². The second-order valence-corrected chi connectivity index (χ2v) is 5.96. The quantitative estimate of drug-likeness (QED) is 0.849. The Labute approximate surface area is 135 Å². The first-order chi connectivity index (χ1) is 11.1. The number of carbonyl (C=O) groups is 2. The number of amides is 2. The van der Waals surface area contributed by atoms with Crippen molar-refractivity contribution in [3.05, 3.63) is 41.2 Å². The van der Waals surface area contributed by atoms with Crippen LogP contribution in [0.15, 0.2) is 24.3 Å². The van der Waals surface area contributed by atoms with Gasteiger partial charge in [-0.3, -0.25) is 9.69 Å². The third kappa shape index (κ3) is 3.00. The van der Waals surface area contributed by atoms with E-state index in [2.05, 4.69) is 10.2 Å². The maximum absolute atomic E-state index is 12.0. The van der Waals surface area contributed by atoms with Gasteiger partial charge in [-0.1, -0.05) is 6.92 Å². The van der Waals surface area contributed by atoms with Crippen molar-refractivity contribution in [2.75, 3.05) is 18.0 Å². The summed E-state index contributed by atoms with van der Waals surface area (Å²) in [5.41, 5.74) is 1.43. The van der Waals surface area contributed by atoms with Crippen molar-refractivity contribution in [2.24, 2.45) is 0 Å². The number of ether oxygens (including phenoxy) is 1. The first-order valence-electron chi connectivity index (χ1n) is 7.82. The van der Waals surface area contributed by atoms with Crippen LogP contribution in [-0.2, 0) is 15.1 Å². The number of nitrogens with one attached hydrogen (secondary N) is 1. The predicted octanol–water partition coefficient (Wildman–Crippen LogP) is 2.45. The third-order valence-electron chi connectivity index (χ3n) is 4.38. The van der Waals surface area contributed by atoms with Crippen molar-refractivity contribution >= 4 is 17.7 Å². The second kappa shape index (κ2) is 5.92. The van der Waals surface area contributed by atoms with Crippen LogP contribution in [0.1, 0.15) is 31.7 Å². The van der Waals surface area contributed by atoms with Gasteiger partial charge in [0.1, 0.15) is 6.10 Å². The molecule has 1 aliphatic heterocycles. The maximum atomic E-state index is 12.0. The minimum atomic E-state index is -0.403. The zero-order chi connectivity index (χ0) is 16.4.